The molecule has 2 N–H and O–H groups in total. The molecule has 2 aromatic heterocycles. The van der Waals surface area contributed by atoms with Crippen LogP contribution in [0.15, 0.2) is 46.7 Å². The molecule has 7 nitrogen and oxygen atoms in total. The number of rotatable bonds is 6. The number of nitrogens with one attached hydrogen (secondary N) is 2. The lowest BCUT2D eigenvalue weighted by molar-refractivity contribution is -0.114. The van der Waals surface area contributed by atoms with Crippen LogP contribution in [0.2, 0.25) is 0 Å². The smallest absolute Gasteiger partial charge is 0.258 e. The Bertz CT molecular complexity index is 1010. The highest BCUT2D eigenvalue weighted by Gasteiger charge is 2.07. The predicted molar refractivity (Wildman–Crippen MR) is 105 cm³/mol. The summed E-state index contributed by atoms with van der Waals surface area (Å²) < 4.78 is 1.49. The van der Waals surface area contributed by atoms with Crippen LogP contribution < -0.4 is 16.2 Å². The number of fused-ring (bicyclic) bond motifs is 1. The van der Waals surface area contributed by atoms with Crippen molar-refractivity contribution in [2.45, 2.75) is 12.7 Å². The van der Waals surface area contributed by atoms with Crippen LogP contribution in [-0.2, 0) is 15.3 Å². The Balaban J connectivity index is 1.54. The molecule has 134 valence electrons. The number of thioether (sulfide) groups is 1. The van der Waals surface area contributed by atoms with E-state index in [0.717, 1.165) is 0 Å². The Morgan fingerprint density at radius 3 is 2.77 bits per heavy atom. The molecule has 9 heteroatoms. The second-order valence-electron chi connectivity index (χ2n) is 5.44. The molecule has 26 heavy (non-hydrogen) atoms. The van der Waals surface area contributed by atoms with Crippen molar-refractivity contribution in [3.63, 3.8) is 0 Å². The number of carbonyl (C=O) groups excluding carboxylic acids is 2. The van der Waals surface area contributed by atoms with E-state index in [2.05, 4.69) is 15.6 Å². The quantitative estimate of drug-likeness (QED) is 0.677. The lowest BCUT2D eigenvalue weighted by atomic mass is 10.2. The van der Waals surface area contributed by atoms with Crippen LogP contribution in [0.25, 0.3) is 4.96 Å². The van der Waals surface area contributed by atoms with Crippen molar-refractivity contribution in [2.75, 3.05) is 16.4 Å². The molecule has 2 heterocycles. The Morgan fingerprint density at radius 1 is 1.23 bits per heavy atom. The van der Waals surface area contributed by atoms with Gasteiger partial charge in [-0.3, -0.25) is 18.8 Å². The summed E-state index contributed by atoms with van der Waals surface area (Å²) >= 11 is 2.78. The Kier molecular flexibility index (Phi) is 5.69. The molecule has 0 atom stereocenters. The zero-order chi connectivity index (χ0) is 18.5. The molecule has 0 unspecified atom stereocenters. The van der Waals surface area contributed by atoms with Gasteiger partial charge in [0, 0.05) is 41.7 Å². The minimum Gasteiger partial charge on any atom is -0.326 e. The molecule has 0 aliphatic heterocycles. The lowest BCUT2D eigenvalue weighted by Crippen LogP contribution is -2.15. The van der Waals surface area contributed by atoms with Crippen LogP contribution in [0.3, 0.4) is 0 Å². The summed E-state index contributed by atoms with van der Waals surface area (Å²) in [5.41, 5.74) is 1.77. The maximum atomic E-state index is 12.1. The molecule has 0 aliphatic rings. The van der Waals surface area contributed by atoms with E-state index in [-0.39, 0.29) is 23.1 Å². The van der Waals surface area contributed by atoms with Crippen LogP contribution >= 0.6 is 23.1 Å². The number of amides is 2. The highest BCUT2D eigenvalue weighted by Crippen LogP contribution is 2.16. The molecule has 0 bridgehead atoms. The molecule has 2 amide bonds. The minimum absolute atomic E-state index is 0.119. The summed E-state index contributed by atoms with van der Waals surface area (Å²) in [4.78, 5) is 40.1. The zero-order valence-electron chi connectivity index (χ0n) is 13.9. The van der Waals surface area contributed by atoms with Gasteiger partial charge >= 0.3 is 0 Å². The maximum absolute atomic E-state index is 12.1. The van der Waals surface area contributed by atoms with Gasteiger partial charge < -0.3 is 10.6 Å². The molecule has 1 aromatic carbocycles. The normalized spacial score (nSPS) is 10.7. The van der Waals surface area contributed by atoms with Gasteiger partial charge in [-0.25, -0.2) is 4.98 Å². The average molecular weight is 388 g/mol. The van der Waals surface area contributed by atoms with E-state index < -0.39 is 0 Å². The molecule has 0 saturated carbocycles. The molecule has 0 fully saturated rings. The summed E-state index contributed by atoms with van der Waals surface area (Å²) in [6, 6.07) is 8.43. The SMILES string of the molecule is CC(=O)Nc1cccc(NC(=O)CSCc2cc(=O)n3ccsc3n2)c1. The number of hydrogen-bond donors (Lipinski definition) is 2. The molecular weight excluding hydrogens is 372 g/mol. The van der Waals surface area contributed by atoms with Crippen LogP contribution in [0.4, 0.5) is 11.4 Å². The fourth-order valence-corrected chi connectivity index (χ4v) is 3.74. The summed E-state index contributed by atoms with van der Waals surface area (Å²) in [6.45, 7) is 1.43. The number of carbonyl (C=O) groups is 2. The molecule has 0 radical (unpaired) electrons. The second-order valence-corrected chi connectivity index (χ2v) is 7.30. The van der Waals surface area contributed by atoms with Crippen LogP contribution in [0.1, 0.15) is 12.6 Å². The van der Waals surface area contributed by atoms with Gasteiger partial charge in [-0.15, -0.1) is 23.1 Å². The van der Waals surface area contributed by atoms with Gasteiger partial charge in [-0.1, -0.05) is 6.07 Å². The summed E-state index contributed by atoms with van der Waals surface area (Å²) in [7, 11) is 0. The van der Waals surface area contributed by atoms with E-state index in [1.165, 1.54) is 40.5 Å². The van der Waals surface area contributed by atoms with Gasteiger partial charge in [0.1, 0.15) is 0 Å². The third-order valence-electron chi connectivity index (χ3n) is 3.31. The predicted octanol–water partition coefficient (Wildman–Crippen LogP) is 2.59. The van der Waals surface area contributed by atoms with Gasteiger partial charge in [0.15, 0.2) is 4.96 Å². The van der Waals surface area contributed by atoms with Crippen molar-refractivity contribution in [1.82, 2.24) is 9.38 Å². The maximum Gasteiger partial charge on any atom is 0.258 e. The number of anilines is 2. The van der Waals surface area contributed by atoms with Crippen LogP contribution in [-0.4, -0.2) is 27.0 Å². The molecule has 3 rings (SSSR count). The van der Waals surface area contributed by atoms with Gasteiger partial charge in [0.25, 0.3) is 5.56 Å². The molecular formula is C17H16N4O3S2. The standard InChI is InChI=1S/C17H16N4O3S2/c1-11(22)18-12-3-2-4-13(7-12)19-15(23)10-25-9-14-8-16(24)21-5-6-26-17(21)20-14/h2-8H,9-10H2,1H3,(H,18,22)(H,19,23). The van der Waals surface area contributed by atoms with Crippen molar-refractivity contribution in [3.8, 4) is 0 Å². The first-order valence-electron chi connectivity index (χ1n) is 7.72. The summed E-state index contributed by atoms with van der Waals surface area (Å²) in [6.07, 6.45) is 1.69. The van der Waals surface area contributed by atoms with Gasteiger partial charge in [-0.05, 0) is 18.2 Å². The summed E-state index contributed by atoms with van der Waals surface area (Å²) in [5, 5.41) is 7.26. The van der Waals surface area contributed by atoms with E-state index in [9.17, 15) is 14.4 Å². The highest BCUT2D eigenvalue weighted by atomic mass is 32.2. The Hall–Kier alpha value is -2.65. The van der Waals surface area contributed by atoms with Crippen LogP contribution in [0.5, 0.6) is 0 Å². The van der Waals surface area contributed by atoms with E-state index in [4.69, 9.17) is 0 Å². The van der Waals surface area contributed by atoms with Crippen molar-refractivity contribution < 1.29 is 9.59 Å². The number of nitrogens with zero attached hydrogens (tertiary/aromatic N) is 2. The molecule has 3 aromatic rings. The van der Waals surface area contributed by atoms with Crippen LogP contribution in [0, 0.1) is 0 Å². The molecule has 0 aliphatic carbocycles. The fraction of sp³-hybridized carbons (Fsp3) is 0.176. The highest BCUT2D eigenvalue weighted by molar-refractivity contribution is 7.99. The molecule has 0 saturated heterocycles. The monoisotopic (exact) mass is 388 g/mol. The fourth-order valence-electron chi connectivity index (χ4n) is 2.29. The Labute approximate surface area is 157 Å². The zero-order valence-corrected chi connectivity index (χ0v) is 15.5. The van der Waals surface area contributed by atoms with Crippen molar-refractivity contribution >= 4 is 51.2 Å². The third kappa shape index (κ3) is 4.70. The van der Waals surface area contributed by atoms with Gasteiger partial charge in [-0.2, -0.15) is 0 Å². The number of benzene rings is 1. The lowest BCUT2D eigenvalue weighted by Gasteiger charge is -2.08. The first-order chi connectivity index (χ1) is 12.5. The third-order valence-corrected chi connectivity index (χ3v) is 5.03. The summed E-state index contributed by atoms with van der Waals surface area (Å²) in [5.74, 6) is 0.373. The number of thiazole rings is 1. The van der Waals surface area contributed by atoms with Gasteiger partial charge in [0.2, 0.25) is 11.8 Å². The van der Waals surface area contributed by atoms with Crippen molar-refractivity contribution in [2.24, 2.45) is 0 Å². The minimum atomic E-state index is -0.171. The number of hydrogen-bond acceptors (Lipinski definition) is 6. The number of aromatic nitrogens is 2. The molecule has 0 spiro atoms. The Morgan fingerprint density at radius 2 is 2.00 bits per heavy atom. The van der Waals surface area contributed by atoms with E-state index in [1.807, 2.05) is 5.38 Å². The van der Waals surface area contributed by atoms with Crippen molar-refractivity contribution in [1.29, 1.82) is 0 Å². The van der Waals surface area contributed by atoms with Gasteiger partial charge in [0.05, 0.1) is 11.4 Å². The van der Waals surface area contributed by atoms with E-state index in [1.54, 1.807) is 30.5 Å². The first kappa shape index (κ1) is 18.2. The van der Waals surface area contributed by atoms with Crippen molar-refractivity contribution in [3.05, 3.63) is 58.0 Å². The average Bonchev–Trinajstić information content (AvgIpc) is 3.03. The second kappa shape index (κ2) is 8.15. The first-order valence-corrected chi connectivity index (χ1v) is 9.76. The topological polar surface area (TPSA) is 92.6 Å². The largest absolute Gasteiger partial charge is 0.326 e. The van der Waals surface area contributed by atoms with E-state index >= 15 is 0 Å². The van der Waals surface area contributed by atoms with E-state index in [0.29, 0.717) is 27.8 Å².